The lowest BCUT2D eigenvalue weighted by Crippen LogP contribution is -2.02. The third-order valence-electron chi connectivity index (χ3n) is 1.78. The van der Waals surface area contributed by atoms with Crippen molar-refractivity contribution in [3.05, 3.63) is 48.4 Å². The van der Waals surface area contributed by atoms with E-state index in [4.69, 9.17) is 5.26 Å². The van der Waals surface area contributed by atoms with Gasteiger partial charge in [-0.3, -0.25) is 0 Å². The van der Waals surface area contributed by atoms with Crippen LogP contribution in [0, 0.1) is 11.3 Å². The van der Waals surface area contributed by atoms with Gasteiger partial charge in [0, 0.05) is 25.9 Å². The average molecular weight is 199 g/mol. The zero-order valence-corrected chi connectivity index (χ0v) is 8.94. The number of aromatic nitrogens is 1. The molecule has 3 heteroatoms. The molecule has 0 saturated carbocycles. The molecular formula is C12H13N3. The van der Waals surface area contributed by atoms with E-state index < -0.39 is 0 Å². The van der Waals surface area contributed by atoms with Gasteiger partial charge in [0.15, 0.2) is 0 Å². The molecule has 0 aromatic carbocycles. The molecule has 0 amide bonds. The fraction of sp³-hybridized carbons (Fsp3) is 0.167. The van der Waals surface area contributed by atoms with E-state index in [-0.39, 0.29) is 0 Å². The Balaban J connectivity index is 3.14. The first kappa shape index (κ1) is 11.0. The second-order valence-electron chi connectivity index (χ2n) is 3.27. The summed E-state index contributed by atoms with van der Waals surface area (Å²) in [6.07, 6.45) is 3.64. The van der Waals surface area contributed by atoms with Crippen molar-refractivity contribution in [1.82, 2.24) is 9.88 Å². The van der Waals surface area contributed by atoms with Crippen molar-refractivity contribution in [2.45, 2.75) is 0 Å². The molecular weight excluding hydrogens is 186 g/mol. The first-order valence-electron chi connectivity index (χ1n) is 4.55. The summed E-state index contributed by atoms with van der Waals surface area (Å²) in [5, 5.41) is 8.73. The SMILES string of the molecule is C=C/C(=C\N(C)C)c1cccc(C#N)n1. The van der Waals surface area contributed by atoms with Gasteiger partial charge in [-0.1, -0.05) is 18.7 Å². The lowest BCUT2D eigenvalue weighted by molar-refractivity contribution is 0.566. The molecule has 0 bridgehead atoms. The Hall–Kier alpha value is -2.08. The van der Waals surface area contributed by atoms with Crippen LogP contribution in [0.5, 0.6) is 0 Å². The summed E-state index contributed by atoms with van der Waals surface area (Å²) in [5.41, 5.74) is 2.08. The second kappa shape index (κ2) is 4.97. The predicted molar refractivity (Wildman–Crippen MR) is 60.8 cm³/mol. The maximum Gasteiger partial charge on any atom is 0.141 e. The van der Waals surface area contributed by atoms with Crippen molar-refractivity contribution in [2.75, 3.05) is 14.1 Å². The minimum atomic E-state index is 0.416. The summed E-state index contributed by atoms with van der Waals surface area (Å²) in [6.45, 7) is 3.73. The molecule has 0 fully saturated rings. The minimum absolute atomic E-state index is 0.416. The zero-order valence-electron chi connectivity index (χ0n) is 8.94. The van der Waals surface area contributed by atoms with Crippen LogP contribution < -0.4 is 0 Å². The Morgan fingerprint density at radius 2 is 2.27 bits per heavy atom. The molecule has 0 aliphatic carbocycles. The smallest absolute Gasteiger partial charge is 0.141 e. The molecule has 1 rings (SSSR count). The monoisotopic (exact) mass is 199 g/mol. The van der Waals surface area contributed by atoms with E-state index in [2.05, 4.69) is 11.6 Å². The first-order chi connectivity index (χ1) is 7.17. The molecule has 0 aliphatic heterocycles. The van der Waals surface area contributed by atoms with Crippen molar-refractivity contribution in [3.8, 4) is 6.07 Å². The summed E-state index contributed by atoms with van der Waals surface area (Å²) in [5.74, 6) is 0. The van der Waals surface area contributed by atoms with Gasteiger partial charge >= 0.3 is 0 Å². The fourth-order valence-electron chi connectivity index (χ4n) is 1.16. The summed E-state index contributed by atoms with van der Waals surface area (Å²) >= 11 is 0. The molecule has 0 aliphatic rings. The largest absolute Gasteiger partial charge is 0.383 e. The van der Waals surface area contributed by atoms with E-state index in [1.807, 2.05) is 43.4 Å². The van der Waals surface area contributed by atoms with Crippen molar-refractivity contribution in [2.24, 2.45) is 0 Å². The lowest BCUT2D eigenvalue weighted by atomic mass is 10.1. The molecule has 0 saturated heterocycles. The molecule has 1 aromatic heterocycles. The van der Waals surface area contributed by atoms with Gasteiger partial charge in [0.1, 0.15) is 11.8 Å². The van der Waals surface area contributed by atoms with Gasteiger partial charge in [0.2, 0.25) is 0 Å². The van der Waals surface area contributed by atoms with Crippen LogP contribution >= 0.6 is 0 Å². The van der Waals surface area contributed by atoms with Crippen LogP contribution in [-0.2, 0) is 0 Å². The molecule has 0 radical (unpaired) electrons. The summed E-state index contributed by atoms with van der Waals surface area (Å²) in [6, 6.07) is 7.37. The normalized spacial score (nSPS) is 10.6. The molecule has 0 spiro atoms. The highest BCUT2D eigenvalue weighted by Crippen LogP contribution is 2.13. The van der Waals surface area contributed by atoms with Crippen molar-refractivity contribution in [1.29, 1.82) is 5.26 Å². The molecule has 3 nitrogen and oxygen atoms in total. The number of rotatable bonds is 3. The highest BCUT2D eigenvalue weighted by atomic mass is 15.0. The molecule has 0 atom stereocenters. The van der Waals surface area contributed by atoms with E-state index in [9.17, 15) is 0 Å². The number of nitriles is 1. The van der Waals surface area contributed by atoms with E-state index >= 15 is 0 Å². The Labute approximate surface area is 90.0 Å². The Morgan fingerprint density at radius 1 is 1.53 bits per heavy atom. The number of allylic oxidation sites excluding steroid dienone is 2. The van der Waals surface area contributed by atoms with Crippen LogP contribution in [0.25, 0.3) is 5.57 Å². The maximum atomic E-state index is 8.73. The standard InChI is InChI=1S/C12H13N3/c1-4-10(9-15(2)3)12-7-5-6-11(8-13)14-12/h4-7,9H,1H2,2-3H3/b10-9+. The first-order valence-corrected chi connectivity index (χ1v) is 4.55. The Morgan fingerprint density at radius 3 is 2.80 bits per heavy atom. The van der Waals surface area contributed by atoms with Gasteiger partial charge in [-0.05, 0) is 12.1 Å². The Kier molecular flexibility index (Phi) is 3.64. The van der Waals surface area contributed by atoms with Gasteiger partial charge in [0.05, 0.1) is 5.69 Å². The third-order valence-corrected chi connectivity index (χ3v) is 1.78. The predicted octanol–water partition coefficient (Wildman–Crippen LogP) is 2.04. The van der Waals surface area contributed by atoms with E-state index in [0.29, 0.717) is 5.69 Å². The summed E-state index contributed by atoms with van der Waals surface area (Å²) in [7, 11) is 3.86. The van der Waals surface area contributed by atoms with Crippen molar-refractivity contribution in [3.63, 3.8) is 0 Å². The second-order valence-corrected chi connectivity index (χ2v) is 3.27. The van der Waals surface area contributed by atoms with Gasteiger partial charge in [-0.2, -0.15) is 5.26 Å². The lowest BCUT2D eigenvalue weighted by Gasteiger charge is -2.08. The van der Waals surface area contributed by atoms with Gasteiger partial charge in [0.25, 0.3) is 0 Å². The number of hydrogen-bond acceptors (Lipinski definition) is 3. The maximum absolute atomic E-state index is 8.73. The summed E-state index contributed by atoms with van der Waals surface area (Å²) in [4.78, 5) is 6.10. The van der Waals surface area contributed by atoms with Crippen LogP contribution in [0.2, 0.25) is 0 Å². The van der Waals surface area contributed by atoms with Crippen LogP contribution in [-0.4, -0.2) is 24.0 Å². The zero-order chi connectivity index (χ0) is 11.3. The minimum Gasteiger partial charge on any atom is -0.383 e. The van der Waals surface area contributed by atoms with Crippen LogP contribution in [0.1, 0.15) is 11.4 Å². The van der Waals surface area contributed by atoms with Gasteiger partial charge in [-0.15, -0.1) is 0 Å². The Bertz CT molecular complexity index is 425. The quantitative estimate of drug-likeness (QED) is 0.699. The van der Waals surface area contributed by atoms with Crippen LogP contribution in [0.4, 0.5) is 0 Å². The molecule has 1 heterocycles. The molecule has 15 heavy (non-hydrogen) atoms. The molecule has 0 N–H and O–H groups in total. The third kappa shape index (κ3) is 2.96. The van der Waals surface area contributed by atoms with Crippen LogP contribution in [0.3, 0.4) is 0 Å². The molecule has 0 unspecified atom stereocenters. The van der Waals surface area contributed by atoms with Crippen molar-refractivity contribution >= 4 is 5.57 Å². The van der Waals surface area contributed by atoms with Crippen LogP contribution in [0.15, 0.2) is 37.1 Å². The fourth-order valence-corrected chi connectivity index (χ4v) is 1.16. The number of nitrogens with zero attached hydrogens (tertiary/aromatic N) is 3. The van der Waals surface area contributed by atoms with E-state index in [0.717, 1.165) is 11.3 Å². The number of pyridine rings is 1. The molecule has 1 aromatic rings. The topological polar surface area (TPSA) is 39.9 Å². The molecule has 76 valence electrons. The van der Waals surface area contributed by atoms with Gasteiger partial charge in [-0.25, -0.2) is 4.98 Å². The number of hydrogen-bond donors (Lipinski definition) is 0. The summed E-state index contributed by atoms with van der Waals surface area (Å²) < 4.78 is 0. The average Bonchev–Trinajstić information content (AvgIpc) is 2.25. The van der Waals surface area contributed by atoms with Gasteiger partial charge < -0.3 is 4.90 Å². The highest BCUT2D eigenvalue weighted by Gasteiger charge is 2.00. The van der Waals surface area contributed by atoms with E-state index in [1.165, 1.54) is 0 Å². The van der Waals surface area contributed by atoms with Crippen molar-refractivity contribution < 1.29 is 0 Å². The highest BCUT2D eigenvalue weighted by molar-refractivity contribution is 5.70. The van der Waals surface area contributed by atoms with E-state index in [1.54, 1.807) is 12.1 Å².